The second-order valence-corrected chi connectivity index (χ2v) is 0.908. The molecule has 0 rings (SSSR count). The van der Waals surface area contributed by atoms with Crippen LogP contribution in [0.15, 0.2) is 0 Å². The Labute approximate surface area is 57.7 Å². The van der Waals surface area contributed by atoms with Crippen molar-refractivity contribution in [2.75, 3.05) is 4.93 Å². The van der Waals surface area contributed by atoms with Gasteiger partial charge in [-0.25, -0.2) is 0 Å². The lowest BCUT2D eigenvalue weighted by Crippen LogP contribution is -1.69. The van der Waals surface area contributed by atoms with Crippen LogP contribution in [0.4, 0.5) is 0 Å². The van der Waals surface area contributed by atoms with E-state index in [4.69, 9.17) is 0 Å². The van der Waals surface area contributed by atoms with Crippen molar-refractivity contribution in [3.63, 3.8) is 0 Å². The van der Waals surface area contributed by atoms with Crippen molar-refractivity contribution in [2.45, 2.75) is 13.8 Å². The minimum atomic E-state index is 0. The minimum Gasteiger partial charge on any atom is -0.412 e. The highest BCUT2D eigenvalue weighted by Crippen LogP contribution is 1.50. The summed E-state index contributed by atoms with van der Waals surface area (Å²) in [6, 6.07) is 0. The summed E-state index contributed by atoms with van der Waals surface area (Å²) < 4.78 is 0. The van der Waals surface area contributed by atoms with Gasteiger partial charge in [0.05, 0.1) is 0 Å². The van der Waals surface area contributed by atoms with Gasteiger partial charge >= 0.3 is 0 Å². The molecule has 0 fully saturated rings. The zero-order valence-corrected chi connectivity index (χ0v) is 6.94. The predicted octanol–water partition coefficient (Wildman–Crippen LogP) is 0.822. The van der Waals surface area contributed by atoms with Crippen LogP contribution in [-0.2, 0) is 4.79 Å². The van der Waals surface area contributed by atoms with Crippen molar-refractivity contribution in [3.8, 4) is 0 Å². The third kappa shape index (κ3) is 933. The lowest BCUT2D eigenvalue weighted by molar-refractivity contribution is -0.114. The van der Waals surface area contributed by atoms with Crippen molar-refractivity contribution in [2.24, 2.45) is 0 Å². The molecule has 46 valence electrons. The van der Waals surface area contributed by atoms with Gasteiger partial charge in [-0.1, -0.05) is 22.6 Å². The van der Waals surface area contributed by atoms with E-state index in [1.165, 1.54) is 13.8 Å². The lowest BCUT2D eigenvalue weighted by Gasteiger charge is -1.56. The lowest BCUT2D eigenvalue weighted by atomic mass is 10.6. The zero-order chi connectivity index (χ0) is 5.58. The van der Waals surface area contributed by atoms with Crippen LogP contribution in [0.25, 0.3) is 0 Å². The first-order valence-electron chi connectivity index (χ1n) is 1.58. The van der Waals surface area contributed by atoms with Crippen LogP contribution in [0.5, 0.6) is 0 Å². The topological polar surface area (TPSA) is 48.6 Å². The summed E-state index contributed by atoms with van der Waals surface area (Å²) in [5.41, 5.74) is 0. The normalized spacial score (nSPS) is 4.57. The fraction of sp³-hybridized carbons (Fsp3) is 0.750. The molecule has 0 aliphatic heterocycles. The van der Waals surface area contributed by atoms with Gasteiger partial charge in [-0.15, -0.1) is 0 Å². The van der Waals surface area contributed by atoms with E-state index in [1.54, 1.807) is 0 Å². The molecule has 0 aromatic rings. The molecular formula is C4H11IO2. The van der Waals surface area contributed by atoms with Gasteiger partial charge in [0.1, 0.15) is 5.78 Å². The molecule has 0 spiro atoms. The molecular weight excluding hydrogens is 207 g/mol. The van der Waals surface area contributed by atoms with Crippen LogP contribution in [-0.4, -0.2) is 16.2 Å². The molecule has 0 atom stereocenters. The standard InChI is InChI=1S/C3H6O.CH3I.H2O/c1-3(2)4;1-2;/h1-2H3;1H3;1H2. The van der Waals surface area contributed by atoms with Crippen molar-refractivity contribution in [1.82, 2.24) is 0 Å². The van der Waals surface area contributed by atoms with E-state index in [0.29, 0.717) is 0 Å². The molecule has 2 nitrogen and oxygen atoms in total. The Bertz CT molecular complexity index is 32.7. The summed E-state index contributed by atoms with van der Waals surface area (Å²) in [6.07, 6.45) is 0. The highest BCUT2D eigenvalue weighted by molar-refractivity contribution is 14.1. The molecule has 0 radical (unpaired) electrons. The van der Waals surface area contributed by atoms with Crippen molar-refractivity contribution in [1.29, 1.82) is 0 Å². The Kier molecular flexibility index (Phi) is 36.2. The van der Waals surface area contributed by atoms with Crippen LogP contribution in [0.1, 0.15) is 13.8 Å². The van der Waals surface area contributed by atoms with Gasteiger partial charge in [-0.3, -0.25) is 0 Å². The Balaban J connectivity index is -0.0000000480. The van der Waals surface area contributed by atoms with Crippen LogP contribution < -0.4 is 0 Å². The zero-order valence-electron chi connectivity index (χ0n) is 4.79. The first kappa shape index (κ1) is 15.7. The number of hydrogen-bond donors (Lipinski definition) is 0. The van der Waals surface area contributed by atoms with E-state index in [9.17, 15) is 4.79 Å². The van der Waals surface area contributed by atoms with Crippen molar-refractivity contribution >= 4 is 28.4 Å². The number of halogens is 1. The SMILES string of the molecule is CC(C)=O.CI.O. The second-order valence-electron chi connectivity index (χ2n) is 0.908. The van der Waals surface area contributed by atoms with Gasteiger partial charge in [0.2, 0.25) is 0 Å². The molecule has 0 saturated heterocycles. The van der Waals surface area contributed by atoms with E-state index in [1.807, 2.05) is 4.93 Å². The summed E-state index contributed by atoms with van der Waals surface area (Å²) in [4.78, 5) is 11.4. The van der Waals surface area contributed by atoms with Crippen LogP contribution >= 0.6 is 22.6 Å². The number of carbonyl (C=O) groups is 1. The highest BCUT2D eigenvalue weighted by Gasteiger charge is 1.62. The molecule has 0 bridgehead atoms. The van der Waals surface area contributed by atoms with E-state index in [-0.39, 0.29) is 11.3 Å². The summed E-state index contributed by atoms with van der Waals surface area (Å²) >= 11 is 2.15. The van der Waals surface area contributed by atoms with Gasteiger partial charge in [0.15, 0.2) is 0 Å². The number of Topliss-reactive ketones (excluding diaryl/α,β-unsaturated/α-hetero) is 1. The summed E-state index contributed by atoms with van der Waals surface area (Å²) in [5, 5.41) is 0. The maximum Gasteiger partial charge on any atom is 0.126 e. The molecule has 0 aromatic heterocycles. The average Bonchev–Trinajstić information content (AvgIpc) is 1.41. The Hall–Kier alpha value is 0.360. The van der Waals surface area contributed by atoms with E-state index < -0.39 is 0 Å². The Morgan fingerprint density at radius 2 is 1.29 bits per heavy atom. The highest BCUT2D eigenvalue weighted by atomic mass is 127. The van der Waals surface area contributed by atoms with Gasteiger partial charge in [0.25, 0.3) is 0 Å². The van der Waals surface area contributed by atoms with Gasteiger partial charge in [0, 0.05) is 0 Å². The number of hydrogen-bond acceptors (Lipinski definition) is 1. The van der Waals surface area contributed by atoms with Crippen LogP contribution in [0, 0.1) is 0 Å². The fourth-order valence-electron chi connectivity index (χ4n) is 0. The summed E-state index contributed by atoms with van der Waals surface area (Å²) in [7, 11) is 0. The van der Waals surface area contributed by atoms with Gasteiger partial charge < -0.3 is 10.3 Å². The maximum absolute atomic E-state index is 9.44. The molecule has 0 saturated carbocycles. The van der Waals surface area contributed by atoms with Crippen molar-refractivity contribution < 1.29 is 10.3 Å². The number of carbonyl (C=O) groups excluding carboxylic acids is 1. The quantitative estimate of drug-likeness (QED) is 0.438. The second kappa shape index (κ2) is 16.2. The predicted molar refractivity (Wildman–Crippen MR) is 39.9 cm³/mol. The third-order valence-corrected chi connectivity index (χ3v) is 0. The molecule has 0 unspecified atom stereocenters. The number of alkyl halides is 1. The van der Waals surface area contributed by atoms with E-state index in [2.05, 4.69) is 22.6 Å². The largest absolute Gasteiger partial charge is 0.412 e. The molecule has 0 aliphatic rings. The third-order valence-electron chi connectivity index (χ3n) is 0. The van der Waals surface area contributed by atoms with Crippen LogP contribution in [0.2, 0.25) is 0 Å². The summed E-state index contributed by atoms with van der Waals surface area (Å²) in [6.45, 7) is 3.06. The molecule has 0 aliphatic carbocycles. The Morgan fingerprint density at radius 1 is 1.29 bits per heavy atom. The molecule has 7 heavy (non-hydrogen) atoms. The first-order chi connectivity index (χ1) is 2.73. The Morgan fingerprint density at radius 3 is 1.29 bits per heavy atom. The van der Waals surface area contributed by atoms with Gasteiger partial charge in [-0.05, 0) is 18.8 Å². The maximum atomic E-state index is 9.44. The molecule has 3 heteroatoms. The molecule has 0 amide bonds. The van der Waals surface area contributed by atoms with E-state index in [0.717, 1.165) is 0 Å². The minimum absolute atomic E-state index is 0. The number of rotatable bonds is 0. The van der Waals surface area contributed by atoms with Crippen LogP contribution in [0.3, 0.4) is 0 Å². The van der Waals surface area contributed by atoms with Gasteiger partial charge in [-0.2, -0.15) is 0 Å². The van der Waals surface area contributed by atoms with Crippen molar-refractivity contribution in [3.05, 3.63) is 0 Å². The molecule has 2 N–H and O–H groups in total. The average molecular weight is 218 g/mol. The monoisotopic (exact) mass is 218 g/mol. The fourth-order valence-corrected chi connectivity index (χ4v) is 0. The number of ketones is 1. The first-order valence-corrected chi connectivity index (χ1v) is 3.74. The van der Waals surface area contributed by atoms with E-state index >= 15 is 0 Å². The molecule has 0 heterocycles. The molecule has 0 aromatic carbocycles. The summed E-state index contributed by atoms with van der Waals surface area (Å²) in [5.74, 6) is 0.167. The smallest absolute Gasteiger partial charge is 0.126 e.